The fourth-order valence-electron chi connectivity index (χ4n) is 1.80. The summed E-state index contributed by atoms with van der Waals surface area (Å²) in [4.78, 5) is 1.28. The van der Waals surface area contributed by atoms with E-state index in [9.17, 15) is 0 Å². The molecule has 0 aromatic heterocycles. The molecule has 94 valence electrons. The van der Waals surface area contributed by atoms with Gasteiger partial charge in [-0.25, -0.2) is 0 Å². The second-order valence-corrected chi connectivity index (χ2v) is 5.81. The summed E-state index contributed by atoms with van der Waals surface area (Å²) in [5, 5.41) is 0.737. The van der Waals surface area contributed by atoms with E-state index >= 15 is 0 Å². The quantitative estimate of drug-likeness (QED) is 0.833. The second kappa shape index (κ2) is 6.28. The van der Waals surface area contributed by atoms with Gasteiger partial charge in [0.2, 0.25) is 0 Å². The Morgan fingerprint density at radius 2 is 1.50 bits per heavy atom. The van der Waals surface area contributed by atoms with Crippen LogP contribution in [0.3, 0.4) is 0 Å². The summed E-state index contributed by atoms with van der Waals surface area (Å²) in [7, 11) is 0. The average molecular weight is 278 g/mol. The van der Waals surface area contributed by atoms with Gasteiger partial charge >= 0.3 is 0 Å². The second-order valence-electron chi connectivity index (χ2n) is 4.03. The lowest BCUT2D eigenvalue weighted by Crippen LogP contribution is -2.11. The average Bonchev–Trinajstić information content (AvgIpc) is 2.40. The zero-order valence-electron chi connectivity index (χ0n) is 10.3. The molecule has 0 aliphatic rings. The molecule has 2 N–H and O–H groups in total. The molecule has 1 nitrogen and oxygen atoms in total. The maximum Gasteiger partial charge on any atom is 0.0551 e. The molecule has 0 spiro atoms. The van der Waals surface area contributed by atoms with Crippen LogP contribution in [0.2, 0.25) is 5.02 Å². The Morgan fingerprint density at radius 1 is 1.00 bits per heavy atom. The predicted octanol–water partition coefficient (Wildman–Crippen LogP) is 4.50. The highest BCUT2D eigenvalue weighted by Gasteiger charge is 2.08. The standard InChI is InChI=1S/C15H16ClNS/c1-2-18-14-9-5-12(6-10-14)15(17)11-3-7-13(16)8-4-11/h3-10,15H,2,17H2,1H3. The van der Waals surface area contributed by atoms with E-state index in [1.165, 1.54) is 4.90 Å². The van der Waals surface area contributed by atoms with Crippen LogP contribution in [0.5, 0.6) is 0 Å². The van der Waals surface area contributed by atoms with Crippen LogP contribution in [0.1, 0.15) is 24.1 Å². The van der Waals surface area contributed by atoms with Gasteiger partial charge in [-0.05, 0) is 41.1 Å². The van der Waals surface area contributed by atoms with Gasteiger partial charge in [0.15, 0.2) is 0 Å². The van der Waals surface area contributed by atoms with Crippen molar-refractivity contribution < 1.29 is 0 Å². The van der Waals surface area contributed by atoms with Crippen molar-refractivity contribution in [2.24, 2.45) is 5.73 Å². The van der Waals surface area contributed by atoms with Crippen LogP contribution in [0.4, 0.5) is 0 Å². The molecule has 2 rings (SSSR count). The summed E-state index contributed by atoms with van der Waals surface area (Å²) in [5.74, 6) is 1.09. The molecule has 0 saturated carbocycles. The molecular weight excluding hydrogens is 262 g/mol. The first-order valence-corrected chi connectivity index (χ1v) is 7.31. The molecular formula is C15H16ClNS. The van der Waals surface area contributed by atoms with E-state index in [2.05, 4.69) is 31.2 Å². The molecule has 0 fully saturated rings. The third kappa shape index (κ3) is 3.29. The highest BCUT2D eigenvalue weighted by molar-refractivity contribution is 7.99. The molecule has 0 heterocycles. The van der Waals surface area contributed by atoms with Crippen LogP contribution in [0, 0.1) is 0 Å². The topological polar surface area (TPSA) is 26.0 Å². The Bertz CT molecular complexity index is 493. The number of hydrogen-bond donors (Lipinski definition) is 1. The first-order chi connectivity index (χ1) is 8.70. The van der Waals surface area contributed by atoms with Crippen molar-refractivity contribution in [3.05, 3.63) is 64.7 Å². The van der Waals surface area contributed by atoms with Crippen molar-refractivity contribution in [2.45, 2.75) is 17.9 Å². The molecule has 0 bridgehead atoms. The van der Waals surface area contributed by atoms with Gasteiger partial charge in [0.1, 0.15) is 0 Å². The minimum atomic E-state index is -0.0945. The maximum atomic E-state index is 6.24. The molecule has 3 heteroatoms. The predicted molar refractivity (Wildman–Crippen MR) is 80.3 cm³/mol. The summed E-state index contributed by atoms with van der Waals surface area (Å²) in [5.41, 5.74) is 8.44. The van der Waals surface area contributed by atoms with Crippen molar-refractivity contribution in [2.75, 3.05) is 5.75 Å². The Hall–Kier alpha value is -0.960. The zero-order valence-corrected chi connectivity index (χ0v) is 11.8. The smallest absolute Gasteiger partial charge is 0.0551 e. The van der Waals surface area contributed by atoms with Gasteiger partial charge < -0.3 is 5.73 Å². The van der Waals surface area contributed by atoms with Gasteiger partial charge in [-0.15, -0.1) is 11.8 Å². The number of rotatable bonds is 4. The fourth-order valence-corrected chi connectivity index (χ4v) is 2.59. The molecule has 0 aliphatic heterocycles. The van der Waals surface area contributed by atoms with E-state index in [0.717, 1.165) is 21.9 Å². The van der Waals surface area contributed by atoms with Gasteiger partial charge in [-0.2, -0.15) is 0 Å². The molecule has 18 heavy (non-hydrogen) atoms. The van der Waals surface area contributed by atoms with Gasteiger partial charge in [0.05, 0.1) is 6.04 Å². The lowest BCUT2D eigenvalue weighted by molar-refractivity contribution is 0.870. The van der Waals surface area contributed by atoms with Crippen LogP contribution in [0.25, 0.3) is 0 Å². The van der Waals surface area contributed by atoms with E-state index in [-0.39, 0.29) is 6.04 Å². The highest BCUT2D eigenvalue weighted by Crippen LogP contribution is 2.24. The normalized spacial score (nSPS) is 12.4. The molecule has 0 saturated heterocycles. The minimum Gasteiger partial charge on any atom is -0.320 e. The Morgan fingerprint density at radius 3 is 2.00 bits per heavy atom. The van der Waals surface area contributed by atoms with E-state index in [4.69, 9.17) is 17.3 Å². The fraction of sp³-hybridized carbons (Fsp3) is 0.200. The minimum absolute atomic E-state index is 0.0945. The highest BCUT2D eigenvalue weighted by atomic mass is 35.5. The van der Waals surface area contributed by atoms with Crippen LogP contribution < -0.4 is 5.73 Å². The summed E-state index contributed by atoms with van der Waals surface area (Å²) >= 11 is 7.71. The van der Waals surface area contributed by atoms with E-state index in [1.54, 1.807) is 0 Å². The summed E-state index contributed by atoms with van der Waals surface area (Å²) in [6.45, 7) is 2.15. The summed E-state index contributed by atoms with van der Waals surface area (Å²) in [6.07, 6.45) is 0. The largest absolute Gasteiger partial charge is 0.320 e. The first kappa shape index (κ1) is 13.5. The lowest BCUT2D eigenvalue weighted by atomic mass is 10.00. The lowest BCUT2D eigenvalue weighted by Gasteiger charge is -2.13. The summed E-state index contributed by atoms with van der Waals surface area (Å²) in [6, 6.07) is 16.0. The van der Waals surface area contributed by atoms with Crippen molar-refractivity contribution in [1.82, 2.24) is 0 Å². The molecule has 0 amide bonds. The molecule has 1 atom stereocenters. The van der Waals surface area contributed by atoms with Crippen LogP contribution in [0.15, 0.2) is 53.4 Å². The molecule has 2 aromatic rings. The Labute approximate surface area is 117 Å². The van der Waals surface area contributed by atoms with Crippen molar-refractivity contribution in [3.8, 4) is 0 Å². The Balaban J connectivity index is 2.17. The van der Waals surface area contributed by atoms with Crippen LogP contribution in [-0.2, 0) is 0 Å². The van der Waals surface area contributed by atoms with Crippen LogP contribution in [-0.4, -0.2) is 5.75 Å². The van der Waals surface area contributed by atoms with Gasteiger partial charge in [-0.3, -0.25) is 0 Å². The number of thioether (sulfide) groups is 1. The monoisotopic (exact) mass is 277 g/mol. The van der Waals surface area contributed by atoms with Crippen molar-refractivity contribution in [3.63, 3.8) is 0 Å². The Kier molecular flexibility index (Phi) is 4.70. The van der Waals surface area contributed by atoms with E-state index in [0.29, 0.717) is 0 Å². The molecule has 0 radical (unpaired) electrons. The van der Waals surface area contributed by atoms with Crippen molar-refractivity contribution in [1.29, 1.82) is 0 Å². The molecule has 0 aliphatic carbocycles. The SMILES string of the molecule is CCSc1ccc(C(N)c2ccc(Cl)cc2)cc1. The first-order valence-electron chi connectivity index (χ1n) is 5.94. The number of halogens is 1. The zero-order chi connectivity index (χ0) is 13.0. The van der Waals surface area contributed by atoms with E-state index < -0.39 is 0 Å². The number of hydrogen-bond acceptors (Lipinski definition) is 2. The van der Waals surface area contributed by atoms with E-state index in [1.807, 2.05) is 36.0 Å². The van der Waals surface area contributed by atoms with Gasteiger partial charge in [-0.1, -0.05) is 42.8 Å². The van der Waals surface area contributed by atoms with Gasteiger partial charge in [0.25, 0.3) is 0 Å². The number of nitrogens with two attached hydrogens (primary N) is 1. The summed E-state index contributed by atoms with van der Waals surface area (Å²) < 4.78 is 0. The maximum absolute atomic E-state index is 6.24. The number of benzene rings is 2. The molecule has 1 unspecified atom stereocenters. The third-order valence-corrected chi connectivity index (χ3v) is 3.93. The van der Waals surface area contributed by atoms with Gasteiger partial charge in [0, 0.05) is 9.92 Å². The third-order valence-electron chi connectivity index (χ3n) is 2.78. The van der Waals surface area contributed by atoms with Crippen molar-refractivity contribution >= 4 is 23.4 Å². The molecule has 2 aromatic carbocycles. The van der Waals surface area contributed by atoms with Crippen LogP contribution >= 0.6 is 23.4 Å².